The van der Waals surface area contributed by atoms with E-state index in [1.807, 2.05) is 0 Å². The minimum Gasteiger partial charge on any atom is -0.382 e. The summed E-state index contributed by atoms with van der Waals surface area (Å²) in [5, 5.41) is -0.268. The molecule has 0 aliphatic heterocycles. The average molecular weight is 194 g/mol. The molecule has 0 aromatic carbocycles. The van der Waals surface area contributed by atoms with Crippen molar-refractivity contribution < 1.29 is 8.78 Å². The number of aryl methyl sites for hydroxylation is 1. The van der Waals surface area contributed by atoms with E-state index < -0.39 is 12.1 Å². The highest BCUT2D eigenvalue weighted by Gasteiger charge is 2.17. The maximum absolute atomic E-state index is 12.2. The van der Waals surface area contributed by atoms with Crippen LogP contribution in [0.3, 0.4) is 0 Å². The summed E-state index contributed by atoms with van der Waals surface area (Å²) in [6, 6.07) is 0. The van der Waals surface area contributed by atoms with Gasteiger partial charge in [0.15, 0.2) is 0 Å². The summed E-state index contributed by atoms with van der Waals surface area (Å²) in [6.07, 6.45) is -2.72. The number of nitrogen functional groups attached to an aromatic ring is 1. The molecular formula is C6H6ClF2N3. The van der Waals surface area contributed by atoms with Crippen LogP contribution in [-0.2, 0) is 0 Å². The van der Waals surface area contributed by atoms with Gasteiger partial charge in [0.05, 0.1) is 0 Å². The summed E-state index contributed by atoms with van der Waals surface area (Å²) < 4.78 is 24.3. The molecule has 0 fully saturated rings. The smallest absolute Gasteiger partial charge is 0.282 e. The van der Waals surface area contributed by atoms with Gasteiger partial charge in [-0.1, -0.05) is 11.6 Å². The Morgan fingerprint density at radius 3 is 2.50 bits per heavy atom. The molecule has 1 rings (SSSR count). The second-order valence-corrected chi connectivity index (χ2v) is 2.53. The number of halogens is 3. The number of alkyl halides is 2. The Hall–Kier alpha value is -0.970. The van der Waals surface area contributed by atoms with E-state index in [-0.39, 0.29) is 16.7 Å². The minimum absolute atomic E-state index is 0.112. The first kappa shape index (κ1) is 9.12. The summed E-state index contributed by atoms with van der Waals surface area (Å²) >= 11 is 5.43. The highest BCUT2D eigenvalue weighted by atomic mass is 35.5. The molecule has 1 heterocycles. The van der Waals surface area contributed by atoms with Crippen molar-refractivity contribution in [1.82, 2.24) is 9.97 Å². The predicted molar refractivity (Wildman–Crippen MR) is 41.1 cm³/mol. The second kappa shape index (κ2) is 3.18. The van der Waals surface area contributed by atoms with Crippen LogP contribution in [0.4, 0.5) is 14.6 Å². The molecule has 2 N–H and O–H groups in total. The summed E-state index contributed by atoms with van der Waals surface area (Å²) in [4.78, 5) is 7.08. The first-order valence-corrected chi connectivity index (χ1v) is 3.48. The van der Waals surface area contributed by atoms with E-state index in [0.717, 1.165) is 0 Å². The van der Waals surface area contributed by atoms with Gasteiger partial charge in [-0.05, 0) is 6.92 Å². The van der Waals surface area contributed by atoms with Crippen molar-refractivity contribution in [3.05, 3.63) is 16.5 Å². The Balaban J connectivity index is 3.28. The molecule has 0 atom stereocenters. The van der Waals surface area contributed by atoms with Crippen molar-refractivity contribution in [3.8, 4) is 0 Å². The third kappa shape index (κ3) is 1.61. The first-order valence-electron chi connectivity index (χ1n) is 3.10. The molecule has 0 aliphatic carbocycles. The Morgan fingerprint density at radius 2 is 2.00 bits per heavy atom. The molecule has 0 amide bonds. The largest absolute Gasteiger partial charge is 0.382 e. The van der Waals surface area contributed by atoms with Crippen molar-refractivity contribution in [2.24, 2.45) is 0 Å². The molecule has 0 radical (unpaired) electrons. The molecule has 3 nitrogen and oxygen atoms in total. The Morgan fingerprint density at radius 1 is 1.42 bits per heavy atom. The molecule has 0 saturated carbocycles. The Labute approximate surface area is 72.6 Å². The third-order valence-corrected chi connectivity index (χ3v) is 1.61. The molecule has 12 heavy (non-hydrogen) atoms. The van der Waals surface area contributed by atoms with Crippen molar-refractivity contribution >= 4 is 17.4 Å². The zero-order valence-electron chi connectivity index (χ0n) is 6.18. The Bertz CT molecular complexity index is 303. The topological polar surface area (TPSA) is 51.8 Å². The molecule has 0 bridgehead atoms. The van der Waals surface area contributed by atoms with E-state index in [4.69, 9.17) is 17.3 Å². The number of anilines is 1. The monoisotopic (exact) mass is 193 g/mol. The highest BCUT2D eigenvalue weighted by Crippen LogP contribution is 2.28. The standard InChI is InChI=1S/C6H6ClF2N3/c1-2-11-4(5(8)9)3(7)6(10)12-2/h5H,1H3,(H2,10,11,12). The van der Waals surface area contributed by atoms with Crippen LogP contribution in [0.15, 0.2) is 0 Å². The number of hydrogen-bond donors (Lipinski definition) is 1. The lowest BCUT2D eigenvalue weighted by Crippen LogP contribution is -2.02. The number of hydrogen-bond acceptors (Lipinski definition) is 3. The fourth-order valence-corrected chi connectivity index (χ4v) is 0.915. The van der Waals surface area contributed by atoms with Crippen LogP contribution in [0.5, 0.6) is 0 Å². The number of nitrogens with two attached hydrogens (primary N) is 1. The summed E-state index contributed by atoms with van der Waals surface area (Å²) in [7, 11) is 0. The van der Waals surface area contributed by atoms with Crippen LogP contribution in [-0.4, -0.2) is 9.97 Å². The predicted octanol–water partition coefficient (Wildman–Crippen LogP) is 1.96. The van der Waals surface area contributed by atoms with Gasteiger partial charge in [-0.2, -0.15) is 0 Å². The molecule has 66 valence electrons. The summed E-state index contributed by atoms with van der Waals surface area (Å²) in [6.45, 7) is 1.47. The average Bonchev–Trinajstić information content (AvgIpc) is 1.96. The van der Waals surface area contributed by atoms with Crippen LogP contribution < -0.4 is 5.73 Å². The van der Waals surface area contributed by atoms with Crippen LogP contribution >= 0.6 is 11.6 Å². The first-order chi connectivity index (χ1) is 5.52. The van der Waals surface area contributed by atoms with Gasteiger partial charge in [-0.3, -0.25) is 0 Å². The van der Waals surface area contributed by atoms with Gasteiger partial charge in [0.1, 0.15) is 22.4 Å². The van der Waals surface area contributed by atoms with E-state index >= 15 is 0 Å². The van der Waals surface area contributed by atoms with Gasteiger partial charge in [-0.15, -0.1) is 0 Å². The van der Waals surface area contributed by atoms with Crippen LogP contribution in [0.2, 0.25) is 5.02 Å². The highest BCUT2D eigenvalue weighted by molar-refractivity contribution is 6.33. The SMILES string of the molecule is Cc1nc(N)c(Cl)c(C(F)F)n1. The number of nitrogens with zero attached hydrogens (tertiary/aromatic N) is 2. The van der Waals surface area contributed by atoms with E-state index in [2.05, 4.69) is 9.97 Å². The lowest BCUT2D eigenvalue weighted by atomic mass is 10.4. The second-order valence-electron chi connectivity index (χ2n) is 2.16. The van der Waals surface area contributed by atoms with Gasteiger partial charge < -0.3 is 5.73 Å². The fraction of sp³-hybridized carbons (Fsp3) is 0.333. The quantitative estimate of drug-likeness (QED) is 0.742. The van der Waals surface area contributed by atoms with Crippen LogP contribution in [0, 0.1) is 6.92 Å². The van der Waals surface area contributed by atoms with Crippen molar-refractivity contribution in [2.75, 3.05) is 5.73 Å². The Kier molecular flexibility index (Phi) is 2.42. The molecule has 1 aromatic heterocycles. The zero-order valence-corrected chi connectivity index (χ0v) is 6.94. The molecule has 0 aliphatic rings. The van der Waals surface area contributed by atoms with Gasteiger partial charge >= 0.3 is 0 Å². The lowest BCUT2D eigenvalue weighted by Gasteiger charge is -2.04. The van der Waals surface area contributed by atoms with Crippen molar-refractivity contribution in [1.29, 1.82) is 0 Å². The fourth-order valence-electron chi connectivity index (χ4n) is 0.748. The van der Waals surface area contributed by atoms with Gasteiger partial charge in [0.25, 0.3) is 6.43 Å². The third-order valence-electron chi connectivity index (χ3n) is 1.22. The van der Waals surface area contributed by atoms with E-state index in [1.165, 1.54) is 6.92 Å². The maximum atomic E-state index is 12.2. The molecule has 1 aromatic rings. The molecule has 0 saturated heterocycles. The van der Waals surface area contributed by atoms with E-state index in [1.54, 1.807) is 0 Å². The van der Waals surface area contributed by atoms with Gasteiger partial charge in [0, 0.05) is 0 Å². The van der Waals surface area contributed by atoms with Crippen LogP contribution in [0.1, 0.15) is 17.9 Å². The summed E-state index contributed by atoms with van der Waals surface area (Å²) in [5.74, 6) is 0.0756. The zero-order chi connectivity index (χ0) is 9.30. The van der Waals surface area contributed by atoms with Crippen LogP contribution in [0.25, 0.3) is 0 Å². The molecule has 0 unspecified atom stereocenters. The number of aromatic nitrogens is 2. The normalized spacial score (nSPS) is 10.8. The van der Waals surface area contributed by atoms with Crippen molar-refractivity contribution in [2.45, 2.75) is 13.3 Å². The van der Waals surface area contributed by atoms with Gasteiger partial charge in [0.2, 0.25) is 0 Å². The molecule has 0 spiro atoms. The van der Waals surface area contributed by atoms with E-state index in [9.17, 15) is 8.78 Å². The van der Waals surface area contributed by atoms with E-state index in [0.29, 0.717) is 0 Å². The molecule has 6 heteroatoms. The summed E-state index contributed by atoms with van der Waals surface area (Å²) in [5.41, 5.74) is 4.73. The van der Waals surface area contributed by atoms with Gasteiger partial charge in [-0.25, -0.2) is 18.7 Å². The lowest BCUT2D eigenvalue weighted by molar-refractivity contribution is 0.146. The number of rotatable bonds is 1. The maximum Gasteiger partial charge on any atom is 0.282 e. The minimum atomic E-state index is -2.72. The molecular weight excluding hydrogens is 188 g/mol. The van der Waals surface area contributed by atoms with Crippen molar-refractivity contribution in [3.63, 3.8) is 0 Å².